The minimum atomic E-state index is 0.214. The molecular formula is C16H24O. The van der Waals surface area contributed by atoms with Gasteiger partial charge in [-0.3, -0.25) is 0 Å². The van der Waals surface area contributed by atoms with E-state index in [1.54, 1.807) is 0 Å². The summed E-state index contributed by atoms with van der Waals surface area (Å²) in [5, 5.41) is 0. The molecule has 1 heteroatoms. The Balaban J connectivity index is 2.73. The van der Waals surface area contributed by atoms with Crippen molar-refractivity contribution in [3.63, 3.8) is 0 Å². The molecule has 0 unspecified atom stereocenters. The number of carbonyl (C=O) groups excluding carboxylic acids is 1. The third-order valence-electron chi connectivity index (χ3n) is 3.23. The Morgan fingerprint density at radius 2 is 1.88 bits per heavy atom. The molecule has 0 aliphatic heterocycles. The number of benzene rings is 1. The lowest BCUT2D eigenvalue weighted by Gasteiger charge is -2.20. The standard InChI is InChI=1S/C16H24O/c1-13-9-10-15(16(2,3)4)12-14(13)8-6-5-7-11-17/h9-12H,5-8H2,1-4H3. The van der Waals surface area contributed by atoms with Crippen LogP contribution in [0.3, 0.4) is 0 Å². The molecule has 1 aromatic carbocycles. The van der Waals surface area contributed by atoms with Gasteiger partial charge >= 0.3 is 0 Å². The highest BCUT2D eigenvalue weighted by Gasteiger charge is 2.14. The number of rotatable bonds is 5. The van der Waals surface area contributed by atoms with Crippen molar-refractivity contribution in [2.45, 2.75) is 58.8 Å². The molecule has 1 nitrogen and oxygen atoms in total. The summed E-state index contributed by atoms with van der Waals surface area (Å²) in [4.78, 5) is 10.3. The minimum absolute atomic E-state index is 0.214. The maximum Gasteiger partial charge on any atom is 0.119 e. The van der Waals surface area contributed by atoms with Gasteiger partial charge in [-0.1, -0.05) is 39.0 Å². The highest BCUT2D eigenvalue weighted by molar-refractivity contribution is 5.49. The fraction of sp³-hybridized carbons (Fsp3) is 0.562. The lowest BCUT2D eigenvalue weighted by Crippen LogP contribution is -2.11. The van der Waals surface area contributed by atoms with Crippen LogP contribution in [0.15, 0.2) is 18.2 Å². The second-order valence-corrected chi connectivity index (χ2v) is 5.80. The van der Waals surface area contributed by atoms with Gasteiger partial charge in [0.1, 0.15) is 6.29 Å². The van der Waals surface area contributed by atoms with Crippen molar-refractivity contribution in [1.82, 2.24) is 0 Å². The second-order valence-electron chi connectivity index (χ2n) is 5.80. The van der Waals surface area contributed by atoms with Gasteiger partial charge in [-0.15, -0.1) is 0 Å². The first-order valence-corrected chi connectivity index (χ1v) is 6.49. The molecule has 0 aliphatic carbocycles. The molecule has 1 aromatic rings. The molecule has 0 aromatic heterocycles. The Morgan fingerprint density at radius 1 is 1.18 bits per heavy atom. The van der Waals surface area contributed by atoms with Gasteiger partial charge in [-0.05, 0) is 48.3 Å². The van der Waals surface area contributed by atoms with E-state index < -0.39 is 0 Å². The van der Waals surface area contributed by atoms with Crippen molar-refractivity contribution in [1.29, 1.82) is 0 Å². The molecule has 94 valence electrons. The van der Waals surface area contributed by atoms with E-state index in [2.05, 4.69) is 45.9 Å². The van der Waals surface area contributed by atoms with E-state index in [1.807, 2.05) is 0 Å². The minimum Gasteiger partial charge on any atom is -0.303 e. The Hall–Kier alpha value is -1.11. The monoisotopic (exact) mass is 232 g/mol. The first-order chi connectivity index (χ1) is 7.95. The Kier molecular flexibility index (Phi) is 4.92. The van der Waals surface area contributed by atoms with E-state index in [-0.39, 0.29) is 5.41 Å². The summed E-state index contributed by atoms with van der Waals surface area (Å²) in [6.07, 6.45) is 4.90. The van der Waals surface area contributed by atoms with Gasteiger partial charge in [0.2, 0.25) is 0 Å². The van der Waals surface area contributed by atoms with Crippen molar-refractivity contribution in [3.8, 4) is 0 Å². The van der Waals surface area contributed by atoms with Crippen LogP contribution in [-0.4, -0.2) is 6.29 Å². The summed E-state index contributed by atoms with van der Waals surface area (Å²) in [5.41, 5.74) is 4.41. The molecule has 0 saturated carbocycles. The third-order valence-corrected chi connectivity index (χ3v) is 3.23. The van der Waals surface area contributed by atoms with Crippen molar-refractivity contribution in [2.75, 3.05) is 0 Å². The van der Waals surface area contributed by atoms with Crippen molar-refractivity contribution >= 4 is 6.29 Å². The Bertz CT molecular complexity index is 372. The van der Waals surface area contributed by atoms with Crippen molar-refractivity contribution < 1.29 is 4.79 Å². The zero-order valence-electron chi connectivity index (χ0n) is 11.5. The van der Waals surface area contributed by atoms with E-state index in [4.69, 9.17) is 0 Å². The average Bonchev–Trinajstić information content (AvgIpc) is 2.25. The molecule has 17 heavy (non-hydrogen) atoms. The zero-order chi connectivity index (χ0) is 12.9. The van der Waals surface area contributed by atoms with Crippen LogP contribution >= 0.6 is 0 Å². The lowest BCUT2D eigenvalue weighted by atomic mass is 9.84. The van der Waals surface area contributed by atoms with E-state index in [0.717, 1.165) is 25.5 Å². The molecule has 0 heterocycles. The predicted octanol–water partition coefficient (Wildman–Crippen LogP) is 4.20. The summed E-state index contributed by atoms with van der Waals surface area (Å²) in [7, 11) is 0. The molecule has 0 radical (unpaired) electrons. The maximum atomic E-state index is 10.3. The van der Waals surface area contributed by atoms with Gasteiger partial charge in [0.05, 0.1) is 0 Å². The van der Waals surface area contributed by atoms with Gasteiger partial charge in [0.15, 0.2) is 0 Å². The fourth-order valence-corrected chi connectivity index (χ4v) is 1.95. The quantitative estimate of drug-likeness (QED) is 0.549. The highest BCUT2D eigenvalue weighted by Crippen LogP contribution is 2.25. The van der Waals surface area contributed by atoms with E-state index in [9.17, 15) is 4.79 Å². The second kappa shape index (κ2) is 6.00. The Morgan fingerprint density at radius 3 is 2.47 bits per heavy atom. The van der Waals surface area contributed by atoms with Gasteiger partial charge in [0, 0.05) is 6.42 Å². The summed E-state index contributed by atoms with van der Waals surface area (Å²) in [6, 6.07) is 6.77. The fourth-order valence-electron chi connectivity index (χ4n) is 1.95. The lowest BCUT2D eigenvalue weighted by molar-refractivity contribution is -0.107. The number of aryl methyl sites for hydroxylation is 2. The summed E-state index contributed by atoms with van der Waals surface area (Å²) in [6.45, 7) is 8.90. The molecule has 0 amide bonds. The van der Waals surface area contributed by atoms with Gasteiger partial charge in [-0.2, -0.15) is 0 Å². The number of carbonyl (C=O) groups is 1. The number of unbranched alkanes of at least 4 members (excludes halogenated alkanes) is 2. The molecule has 1 rings (SSSR count). The van der Waals surface area contributed by atoms with Crippen LogP contribution in [-0.2, 0) is 16.6 Å². The first kappa shape index (κ1) is 14.0. The van der Waals surface area contributed by atoms with Gasteiger partial charge in [-0.25, -0.2) is 0 Å². The molecule has 0 fully saturated rings. The van der Waals surface area contributed by atoms with Crippen LogP contribution in [0, 0.1) is 6.92 Å². The smallest absolute Gasteiger partial charge is 0.119 e. The molecule has 0 aliphatic rings. The van der Waals surface area contributed by atoms with E-state index >= 15 is 0 Å². The predicted molar refractivity (Wildman–Crippen MR) is 73.5 cm³/mol. The normalized spacial score (nSPS) is 11.5. The molecule has 0 atom stereocenters. The maximum absolute atomic E-state index is 10.3. The first-order valence-electron chi connectivity index (χ1n) is 6.49. The highest BCUT2D eigenvalue weighted by atomic mass is 16.1. The van der Waals surface area contributed by atoms with Crippen molar-refractivity contribution in [2.24, 2.45) is 0 Å². The third kappa shape index (κ3) is 4.33. The molecule has 0 N–H and O–H groups in total. The van der Waals surface area contributed by atoms with Gasteiger partial charge < -0.3 is 4.79 Å². The van der Waals surface area contributed by atoms with Crippen LogP contribution in [0.4, 0.5) is 0 Å². The van der Waals surface area contributed by atoms with E-state index in [0.29, 0.717) is 6.42 Å². The number of hydrogen-bond acceptors (Lipinski definition) is 1. The Labute approximate surface area is 105 Å². The SMILES string of the molecule is Cc1ccc(C(C)(C)C)cc1CCCCC=O. The van der Waals surface area contributed by atoms with Crippen LogP contribution in [0.1, 0.15) is 56.7 Å². The molecule has 0 bridgehead atoms. The summed E-state index contributed by atoms with van der Waals surface area (Å²) >= 11 is 0. The molecule has 0 saturated heterocycles. The molecule has 0 spiro atoms. The van der Waals surface area contributed by atoms with Crippen LogP contribution in [0.25, 0.3) is 0 Å². The van der Waals surface area contributed by atoms with Crippen molar-refractivity contribution in [3.05, 3.63) is 34.9 Å². The van der Waals surface area contributed by atoms with Gasteiger partial charge in [0.25, 0.3) is 0 Å². The number of hydrogen-bond donors (Lipinski definition) is 0. The summed E-state index contributed by atoms with van der Waals surface area (Å²) in [5.74, 6) is 0. The van der Waals surface area contributed by atoms with E-state index in [1.165, 1.54) is 16.7 Å². The zero-order valence-corrected chi connectivity index (χ0v) is 11.5. The number of aldehydes is 1. The van der Waals surface area contributed by atoms with Crippen LogP contribution in [0.5, 0.6) is 0 Å². The summed E-state index contributed by atoms with van der Waals surface area (Å²) < 4.78 is 0. The largest absolute Gasteiger partial charge is 0.303 e. The van der Waals surface area contributed by atoms with Crippen LogP contribution < -0.4 is 0 Å². The topological polar surface area (TPSA) is 17.1 Å². The molecular weight excluding hydrogens is 208 g/mol. The average molecular weight is 232 g/mol. The van der Waals surface area contributed by atoms with Crippen LogP contribution in [0.2, 0.25) is 0 Å².